The third-order valence-electron chi connectivity index (χ3n) is 5.21. The molecule has 5 heteroatoms. The van der Waals surface area contributed by atoms with E-state index in [9.17, 15) is 4.79 Å². The minimum Gasteiger partial charge on any atom is -0.491 e. The molecule has 0 aliphatic carbocycles. The van der Waals surface area contributed by atoms with Gasteiger partial charge >= 0.3 is 0 Å². The topological polar surface area (TPSA) is 38.8 Å². The Morgan fingerprint density at radius 3 is 2.55 bits per heavy atom. The van der Waals surface area contributed by atoms with Gasteiger partial charge in [-0.25, -0.2) is 0 Å². The highest BCUT2D eigenvalue weighted by molar-refractivity contribution is 9.10. The van der Waals surface area contributed by atoms with Crippen molar-refractivity contribution in [2.45, 2.75) is 45.3 Å². The standard InChI is InChI=1S/C28H32BrNO3/c1-5-6-7-9-21-16-17-30(27(31)22-10-8-11-23(29)19-22)24(18-21)20-32-25-12-14-26(15-13-25)33-28(2,3)4/h5-15,19,24H,1,16-18,20H2,2-4H3/b7-6-,21-9+/t24-/m0/s1. The molecule has 0 unspecified atom stereocenters. The summed E-state index contributed by atoms with van der Waals surface area (Å²) in [6.45, 7) is 10.9. The van der Waals surface area contributed by atoms with Gasteiger partial charge in [-0.3, -0.25) is 4.79 Å². The average Bonchev–Trinajstić information content (AvgIpc) is 2.77. The lowest BCUT2D eigenvalue weighted by Crippen LogP contribution is -2.47. The van der Waals surface area contributed by atoms with Gasteiger partial charge in [-0.15, -0.1) is 0 Å². The molecule has 1 saturated heterocycles. The number of rotatable bonds is 7. The molecule has 174 valence electrons. The highest BCUT2D eigenvalue weighted by Gasteiger charge is 2.30. The van der Waals surface area contributed by atoms with Gasteiger partial charge in [0.15, 0.2) is 0 Å². The summed E-state index contributed by atoms with van der Waals surface area (Å²) >= 11 is 3.47. The number of amides is 1. The maximum atomic E-state index is 13.3. The van der Waals surface area contributed by atoms with Gasteiger partial charge in [0.2, 0.25) is 0 Å². The molecule has 0 aromatic heterocycles. The predicted octanol–water partition coefficient (Wildman–Crippen LogP) is 6.98. The van der Waals surface area contributed by atoms with E-state index in [4.69, 9.17) is 9.47 Å². The van der Waals surface area contributed by atoms with Crippen LogP contribution in [0.25, 0.3) is 0 Å². The molecule has 2 aromatic carbocycles. The maximum Gasteiger partial charge on any atom is 0.254 e. The average molecular weight is 510 g/mol. The van der Waals surface area contributed by atoms with Crippen LogP contribution in [-0.4, -0.2) is 35.6 Å². The van der Waals surface area contributed by atoms with Crippen LogP contribution in [0.5, 0.6) is 11.5 Å². The van der Waals surface area contributed by atoms with E-state index in [1.54, 1.807) is 6.08 Å². The first kappa shape index (κ1) is 24.8. The van der Waals surface area contributed by atoms with Crippen molar-refractivity contribution in [1.29, 1.82) is 0 Å². The van der Waals surface area contributed by atoms with Crippen molar-refractivity contribution >= 4 is 21.8 Å². The first-order chi connectivity index (χ1) is 15.7. The monoisotopic (exact) mass is 509 g/mol. The molecule has 33 heavy (non-hydrogen) atoms. The zero-order valence-electron chi connectivity index (χ0n) is 19.6. The smallest absolute Gasteiger partial charge is 0.254 e. The second kappa shape index (κ2) is 11.4. The minimum atomic E-state index is -0.249. The first-order valence-corrected chi connectivity index (χ1v) is 12.0. The summed E-state index contributed by atoms with van der Waals surface area (Å²) < 4.78 is 12.9. The van der Waals surface area contributed by atoms with E-state index in [1.165, 1.54) is 5.57 Å². The lowest BCUT2D eigenvalue weighted by Gasteiger charge is -2.37. The van der Waals surface area contributed by atoms with Crippen molar-refractivity contribution < 1.29 is 14.3 Å². The number of nitrogens with zero attached hydrogens (tertiary/aromatic N) is 1. The normalized spacial score (nSPS) is 17.9. The van der Waals surface area contributed by atoms with Gasteiger partial charge in [0.1, 0.15) is 23.7 Å². The van der Waals surface area contributed by atoms with E-state index in [2.05, 4.69) is 28.6 Å². The summed E-state index contributed by atoms with van der Waals surface area (Å²) in [5, 5.41) is 0. The van der Waals surface area contributed by atoms with E-state index >= 15 is 0 Å². The van der Waals surface area contributed by atoms with Crippen LogP contribution in [0.15, 0.2) is 89.5 Å². The highest BCUT2D eigenvalue weighted by Crippen LogP contribution is 2.27. The highest BCUT2D eigenvalue weighted by atomic mass is 79.9. The molecule has 3 rings (SSSR count). The van der Waals surface area contributed by atoms with E-state index in [-0.39, 0.29) is 17.6 Å². The first-order valence-electron chi connectivity index (χ1n) is 11.2. The van der Waals surface area contributed by atoms with Crippen LogP contribution in [0.3, 0.4) is 0 Å². The van der Waals surface area contributed by atoms with Crippen molar-refractivity contribution in [3.63, 3.8) is 0 Å². The number of ether oxygens (including phenoxy) is 2. The Kier molecular flexibility index (Phi) is 8.56. The van der Waals surface area contributed by atoms with Gasteiger partial charge in [0.05, 0.1) is 6.04 Å². The molecule has 0 N–H and O–H groups in total. The number of halogens is 1. The fraction of sp³-hybridized carbons (Fsp3) is 0.321. The third-order valence-corrected chi connectivity index (χ3v) is 5.71. The van der Waals surface area contributed by atoms with E-state index in [0.717, 1.165) is 28.8 Å². The van der Waals surface area contributed by atoms with Crippen LogP contribution in [0.4, 0.5) is 0 Å². The molecule has 1 fully saturated rings. The molecular formula is C28H32BrNO3. The quantitative estimate of drug-likeness (QED) is 0.378. The Morgan fingerprint density at radius 2 is 1.88 bits per heavy atom. The predicted molar refractivity (Wildman–Crippen MR) is 138 cm³/mol. The van der Waals surface area contributed by atoms with Crippen molar-refractivity contribution in [3.05, 3.63) is 95.0 Å². The lowest BCUT2D eigenvalue weighted by molar-refractivity contribution is 0.0577. The molecular weight excluding hydrogens is 478 g/mol. The van der Waals surface area contributed by atoms with Crippen LogP contribution in [0, 0.1) is 0 Å². The van der Waals surface area contributed by atoms with Gasteiger partial charge in [-0.05, 0) is 76.1 Å². The molecule has 1 atom stereocenters. The fourth-order valence-corrected chi connectivity index (χ4v) is 4.14. The molecule has 1 aliphatic heterocycles. The maximum absolute atomic E-state index is 13.3. The van der Waals surface area contributed by atoms with Crippen molar-refractivity contribution in [2.75, 3.05) is 13.2 Å². The third kappa shape index (κ3) is 7.64. The number of likely N-dealkylation sites (tertiary alicyclic amines) is 1. The molecule has 2 aromatic rings. The molecule has 0 saturated carbocycles. The van der Waals surface area contributed by atoms with E-state index in [0.29, 0.717) is 18.7 Å². The SMILES string of the molecule is C=C/C=C\C=C1/CCN(C(=O)c2cccc(Br)c2)[C@H](COc2ccc(OC(C)(C)C)cc2)C1. The van der Waals surface area contributed by atoms with Crippen LogP contribution in [-0.2, 0) is 0 Å². The van der Waals surface area contributed by atoms with Gasteiger partial charge in [0.25, 0.3) is 5.91 Å². The summed E-state index contributed by atoms with van der Waals surface area (Å²) in [5.74, 6) is 1.59. The fourth-order valence-electron chi connectivity index (χ4n) is 3.74. The molecule has 1 aliphatic rings. The number of carbonyl (C=O) groups excluding carboxylic acids is 1. The van der Waals surface area contributed by atoms with Gasteiger partial charge in [-0.2, -0.15) is 0 Å². The van der Waals surface area contributed by atoms with Gasteiger partial charge < -0.3 is 14.4 Å². The van der Waals surface area contributed by atoms with Crippen LogP contribution in [0.2, 0.25) is 0 Å². The summed E-state index contributed by atoms with van der Waals surface area (Å²) in [7, 11) is 0. The van der Waals surface area contributed by atoms with Crippen molar-refractivity contribution in [3.8, 4) is 11.5 Å². The van der Waals surface area contributed by atoms with Crippen LogP contribution in [0.1, 0.15) is 44.0 Å². The second-order valence-corrected chi connectivity index (χ2v) is 9.97. The van der Waals surface area contributed by atoms with E-state index in [1.807, 2.05) is 86.4 Å². The zero-order chi connectivity index (χ0) is 23.8. The minimum absolute atomic E-state index is 0.0273. The summed E-state index contributed by atoms with van der Waals surface area (Å²) in [6, 6.07) is 15.1. The van der Waals surface area contributed by atoms with Crippen LogP contribution >= 0.6 is 15.9 Å². The largest absolute Gasteiger partial charge is 0.491 e. The van der Waals surface area contributed by atoms with Gasteiger partial charge in [0, 0.05) is 16.6 Å². The van der Waals surface area contributed by atoms with Crippen molar-refractivity contribution in [2.24, 2.45) is 0 Å². The number of allylic oxidation sites excluding steroid dienone is 4. The molecule has 1 amide bonds. The molecule has 0 bridgehead atoms. The van der Waals surface area contributed by atoms with Crippen LogP contribution < -0.4 is 9.47 Å². The molecule has 4 nitrogen and oxygen atoms in total. The number of hydrogen-bond acceptors (Lipinski definition) is 3. The molecule has 0 radical (unpaired) electrons. The summed E-state index contributed by atoms with van der Waals surface area (Å²) in [4.78, 5) is 15.2. The molecule has 0 spiro atoms. The van der Waals surface area contributed by atoms with Crippen molar-refractivity contribution in [1.82, 2.24) is 4.90 Å². The molecule has 1 heterocycles. The Balaban J connectivity index is 1.74. The Labute approximate surface area is 205 Å². The lowest BCUT2D eigenvalue weighted by atomic mass is 9.95. The van der Waals surface area contributed by atoms with E-state index < -0.39 is 0 Å². The summed E-state index contributed by atoms with van der Waals surface area (Å²) in [6.07, 6.45) is 9.41. The number of piperidine rings is 1. The number of hydrogen-bond donors (Lipinski definition) is 0. The van der Waals surface area contributed by atoms with Gasteiger partial charge in [-0.1, -0.05) is 58.5 Å². The Hall–Kier alpha value is -2.79. The Morgan fingerprint density at radius 1 is 1.15 bits per heavy atom. The number of benzene rings is 2. The second-order valence-electron chi connectivity index (χ2n) is 9.06. The number of carbonyl (C=O) groups is 1. The Bertz CT molecular complexity index is 1020. The zero-order valence-corrected chi connectivity index (χ0v) is 21.2. The summed E-state index contributed by atoms with van der Waals surface area (Å²) in [5.41, 5.74) is 1.73.